The first-order valence-electron chi connectivity index (χ1n) is 6.76. The van der Waals surface area contributed by atoms with Crippen molar-refractivity contribution in [1.29, 1.82) is 5.26 Å². The molecule has 2 aromatic rings. The number of carbonyl (C=O) groups is 2. The van der Waals surface area contributed by atoms with Crippen LogP contribution in [-0.4, -0.2) is 23.6 Å². The normalized spacial score (nSPS) is 9.74. The number of anilines is 1. The fourth-order valence-corrected chi connectivity index (χ4v) is 1.85. The van der Waals surface area contributed by atoms with Gasteiger partial charge in [0.25, 0.3) is 5.91 Å². The van der Waals surface area contributed by atoms with Gasteiger partial charge in [-0.15, -0.1) is 0 Å². The number of hydrogen-bond donors (Lipinski definition) is 2. The van der Waals surface area contributed by atoms with Gasteiger partial charge < -0.3 is 15.2 Å². The molecule has 116 valence electrons. The summed E-state index contributed by atoms with van der Waals surface area (Å²) in [7, 11) is 0. The van der Waals surface area contributed by atoms with Gasteiger partial charge in [0.05, 0.1) is 11.6 Å². The molecule has 2 rings (SSSR count). The lowest BCUT2D eigenvalue weighted by Crippen LogP contribution is -2.21. The summed E-state index contributed by atoms with van der Waals surface area (Å²) in [5, 5.41) is 20.9. The number of esters is 1. The monoisotopic (exact) mass is 310 g/mol. The van der Waals surface area contributed by atoms with E-state index in [1.54, 1.807) is 37.3 Å². The highest BCUT2D eigenvalue weighted by atomic mass is 16.5. The second kappa shape index (κ2) is 7.09. The van der Waals surface area contributed by atoms with Crippen molar-refractivity contribution in [2.75, 3.05) is 11.9 Å². The van der Waals surface area contributed by atoms with Crippen LogP contribution in [0.3, 0.4) is 0 Å². The van der Waals surface area contributed by atoms with Gasteiger partial charge in [0.1, 0.15) is 11.3 Å². The second-order valence-electron chi connectivity index (χ2n) is 4.83. The lowest BCUT2D eigenvalue weighted by atomic mass is 10.1. The van der Waals surface area contributed by atoms with E-state index in [1.165, 1.54) is 12.1 Å². The van der Waals surface area contributed by atoms with Gasteiger partial charge >= 0.3 is 5.97 Å². The van der Waals surface area contributed by atoms with E-state index < -0.39 is 18.5 Å². The van der Waals surface area contributed by atoms with Crippen LogP contribution in [0.15, 0.2) is 42.5 Å². The maximum atomic E-state index is 11.8. The molecule has 0 spiro atoms. The Bertz CT molecular complexity index is 776. The molecule has 0 saturated heterocycles. The van der Waals surface area contributed by atoms with Crippen LogP contribution < -0.4 is 5.32 Å². The van der Waals surface area contributed by atoms with Gasteiger partial charge in [0.15, 0.2) is 6.61 Å². The molecule has 0 bridgehead atoms. The number of phenolic OH excluding ortho intramolecular Hbond substituents is 1. The minimum atomic E-state index is -0.780. The molecule has 6 nitrogen and oxygen atoms in total. The summed E-state index contributed by atoms with van der Waals surface area (Å²) >= 11 is 0. The van der Waals surface area contributed by atoms with Crippen LogP contribution >= 0.6 is 0 Å². The number of nitrogens with one attached hydrogen (secondary N) is 1. The zero-order valence-electron chi connectivity index (χ0n) is 12.4. The van der Waals surface area contributed by atoms with Crippen molar-refractivity contribution >= 4 is 17.6 Å². The predicted molar refractivity (Wildman–Crippen MR) is 82.9 cm³/mol. The lowest BCUT2D eigenvalue weighted by Gasteiger charge is -2.08. The highest BCUT2D eigenvalue weighted by Crippen LogP contribution is 2.19. The van der Waals surface area contributed by atoms with Crippen LogP contribution in [0.1, 0.15) is 21.5 Å². The van der Waals surface area contributed by atoms with Gasteiger partial charge in [-0.1, -0.05) is 6.07 Å². The molecule has 0 unspecified atom stereocenters. The Kier molecular flexibility index (Phi) is 4.95. The van der Waals surface area contributed by atoms with E-state index in [1.807, 2.05) is 6.07 Å². The Labute approximate surface area is 132 Å². The number of carbonyl (C=O) groups excluding carboxylic acids is 2. The van der Waals surface area contributed by atoms with Gasteiger partial charge in [-0.2, -0.15) is 5.26 Å². The Morgan fingerprint density at radius 2 is 1.91 bits per heavy atom. The molecular formula is C17H14N2O4. The van der Waals surface area contributed by atoms with E-state index in [0.29, 0.717) is 11.3 Å². The summed E-state index contributed by atoms with van der Waals surface area (Å²) in [4.78, 5) is 23.5. The zero-order valence-corrected chi connectivity index (χ0v) is 12.4. The standard InChI is InChI=1S/C17H14N2O4/c1-11-2-7-14(15(20)8-11)17(22)23-10-16(21)19-13-5-3-12(9-18)4-6-13/h2-8,20H,10H2,1H3,(H,19,21). The average molecular weight is 310 g/mol. The van der Waals surface area contributed by atoms with E-state index in [4.69, 9.17) is 10.00 Å². The fraction of sp³-hybridized carbons (Fsp3) is 0.118. The van der Waals surface area contributed by atoms with Crippen LogP contribution in [0.25, 0.3) is 0 Å². The van der Waals surface area contributed by atoms with Gasteiger partial charge in [0.2, 0.25) is 0 Å². The fourth-order valence-electron chi connectivity index (χ4n) is 1.85. The first-order valence-corrected chi connectivity index (χ1v) is 6.76. The molecule has 0 aliphatic rings. The summed E-state index contributed by atoms with van der Waals surface area (Å²) in [6, 6.07) is 12.8. The minimum Gasteiger partial charge on any atom is -0.507 e. The number of rotatable bonds is 4. The number of nitriles is 1. The molecule has 6 heteroatoms. The van der Waals surface area contributed by atoms with Crippen LogP contribution in [-0.2, 0) is 9.53 Å². The molecular weight excluding hydrogens is 296 g/mol. The summed E-state index contributed by atoms with van der Waals surface area (Å²) in [6.07, 6.45) is 0. The van der Waals surface area contributed by atoms with Crippen LogP contribution in [0, 0.1) is 18.3 Å². The van der Waals surface area contributed by atoms with E-state index in [9.17, 15) is 14.7 Å². The topological polar surface area (TPSA) is 99.4 Å². The molecule has 0 radical (unpaired) electrons. The molecule has 1 amide bonds. The summed E-state index contributed by atoms with van der Waals surface area (Å²) in [5.74, 6) is -1.49. The predicted octanol–water partition coefficient (Wildman–Crippen LogP) is 2.37. The quantitative estimate of drug-likeness (QED) is 0.845. The number of nitrogens with zero attached hydrogens (tertiary/aromatic N) is 1. The van der Waals surface area contributed by atoms with Gasteiger partial charge in [-0.3, -0.25) is 4.79 Å². The summed E-state index contributed by atoms with van der Waals surface area (Å²) in [5.41, 5.74) is 1.77. The maximum absolute atomic E-state index is 11.8. The molecule has 0 fully saturated rings. The Balaban J connectivity index is 1.90. The third-order valence-electron chi connectivity index (χ3n) is 3.01. The van der Waals surface area contributed by atoms with E-state index in [0.717, 1.165) is 5.56 Å². The summed E-state index contributed by atoms with van der Waals surface area (Å²) < 4.78 is 4.86. The van der Waals surface area contributed by atoms with Crippen molar-refractivity contribution in [1.82, 2.24) is 0 Å². The Morgan fingerprint density at radius 3 is 2.52 bits per heavy atom. The highest BCUT2D eigenvalue weighted by molar-refractivity contribution is 5.96. The smallest absolute Gasteiger partial charge is 0.342 e. The molecule has 0 saturated carbocycles. The largest absolute Gasteiger partial charge is 0.507 e. The molecule has 0 aliphatic carbocycles. The SMILES string of the molecule is Cc1ccc(C(=O)OCC(=O)Nc2ccc(C#N)cc2)c(O)c1. The minimum absolute atomic E-state index is 0.00164. The Hall–Kier alpha value is -3.33. The first-order chi connectivity index (χ1) is 11.0. The van der Waals surface area contributed by atoms with Crippen molar-refractivity contribution < 1.29 is 19.4 Å². The van der Waals surface area contributed by atoms with Crippen LogP contribution in [0.5, 0.6) is 5.75 Å². The highest BCUT2D eigenvalue weighted by Gasteiger charge is 2.14. The maximum Gasteiger partial charge on any atom is 0.342 e. The summed E-state index contributed by atoms with van der Waals surface area (Å²) in [6.45, 7) is 1.30. The molecule has 0 aliphatic heterocycles. The second-order valence-corrected chi connectivity index (χ2v) is 4.83. The zero-order chi connectivity index (χ0) is 16.8. The number of hydrogen-bond acceptors (Lipinski definition) is 5. The number of benzene rings is 2. The van der Waals surface area contributed by atoms with Gasteiger partial charge in [-0.25, -0.2) is 4.79 Å². The van der Waals surface area contributed by atoms with Crippen molar-refractivity contribution in [3.63, 3.8) is 0 Å². The van der Waals surface area contributed by atoms with Crippen LogP contribution in [0.2, 0.25) is 0 Å². The molecule has 0 atom stereocenters. The van der Waals surface area contributed by atoms with Crippen molar-refractivity contribution in [2.45, 2.75) is 6.92 Å². The molecule has 0 aromatic heterocycles. The lowest BCUT2D eigenvalue weighted by molar-refractivity contribution is -0.119. The number of ether oxygens (including phenoxy) is 1. The molecule has 2 N–H and O–H groups in total. The third-order valence-corrected chi connectivity index (χ3v) is 3.01. The Morgan fingerprint density at radius 1 is 1.22 bits per heavy atom. The molecule has 23 heavy (non-hydrogen) atoms. The molecule has 2 aromatic carbocycles. The van der Waals surface area contributed by atoms with E-state index in [2.05, 4.69) is 5.32 Å². The van der Waals surface area contributed by atoms with E-state index in [-0.39, 0.29) is 11.3 Å². The third kappa shape index (κ3) is 4.32. The van der Waals surface area contributed by atoms with Gasteiger partial charge in [0, 0.05) is 5.69 Å². The first kappa shape index (κ1) is 16.0. The van der Waals surface area contributed by atoms with E-state index >= 15 is 0 Å². The number of phenols is 1. The number of aromatic hydroxyl groups is 1. The molecule has 0 heterocycles. The van der Waals surface area contributed by atoms with Gasteiger partial charge in [-0.05, 0) is 48.9 Å². The average Bonchev–Trinajstić information content (AvgIpc) is 2.53. The van der Waals surface area contributed by atoms with Crippen LogP contribution in [0.4, 0.5) is 5.69 Å². The van der Waals surface area contributed by atoms with Crippen molar-refractivity contribution in [3.8, 4) is 11.8 Å². The number of aryl methyl sites for hydroxylation is 1. The number of amides is 1. The van der Waals surface area contributed by atoms with Crippen molar-refractivity contribution in [3.05, 3.63) is 59.2 Å². The van der Waals surface area contributed by atoms with Crippen molar-refractivity contribution in [2.24, 2.45) is 0 Å².